The summed E-state index contributed by atoms with van der Waals surface area (Å²) in [5, 5.41) is 2.70. The third kappa shape index (κ3) is 4.28. The van der Waals surface area contributed by atoms with Gasteiger partial charge in [0, 0.05) is 18.3 Å². The van der Waals surface area contributed by atoms with Crippen molar-refractivity contribution in [2.24, 2.45) is 0 Å². The van der Waals surface area contributed by atoms with E-state index in [9.17, 15) is 18.0 Å². The fraction of sp³-hybridized carbons (Fsp3) is 0.364. The molecular weight excluding hydrogens is 418 g/mol. The molecule has 1 aliphatic rings. The van der Waals surface area contributed by atoms with Gasteiger partial charge < -0.3 is 9.73 Å². The van der Waals surface area contributed by atoms with Gasteiger partial charge in [0.2, 0.25) is 15.9 Å². The van der Waals surface area contributed by atoms with Crippen molar-refractivity contribution < 1.29 is 17.6 Å². The van der Waals surface area contributed by atoms with Crippen LogP contribution in [0.2, 0.25) is 0 Å². The average molecular weight is 444 g/mol. The highest BCUT2D eigenvalue weighted by molar-refractivity contribution is 7.89. The maximum absolute atomic E-state index is 13.1. The van der Waals surface area contributed by atoms with Gasteiger partial charge in [0.25, 0.3) is 0 Å². The highest BCUT2D eigenvalue weighted by atomic mass is 32.2. The summed E-state index contributed by atoms with van der Waals surface area (Å²) in [6, 6.07) is 13.0. The van der Waals surface area contributed by atoms with Gasteiger partial charge in [-0.15, -0.1) is 0 Å². The monoisotopic (exact) mass is 443 g/mol. The molecule has 31 heavy (non-hydrogen) atoms. The first-order chi connectivity index (χ1) is 14.9. The van der Waals surface area contributed by atoms with E-state index in [0.29, 0.717) is 23.3 Å². The summed E-state index contributed by atoms with van der Waals surface area (Å²) >= 11 is 0. The van der Waals surface area contributed by atoms with Crippen LogP contribution in [0, 0.1) is 0 Å². The normalized spacial score (nSPS) is 17.6. The lowest BCUT2D eigenvalue weighted by Crippen LogP contribution is -2.43. The van der Waals surface area contributed by atoms with Crippen molar-refractivity contribution in [1.29, 1.82) is 0 Å². The molecular formula is C22H25N3O5S. The average Bonchev–Trinajstić information content (AvgIpc) is 3.09. The Balaban J connectivity index is 1.47. The number of benzene rings is 2. The molecule has 1 aromatic heterocycles. The number of hydrogen-bond acceptors (Lipinski definition) is 5. The molecule has 1 amide bonds. The van der Waals surface area contributed by atoms with Gasteiger partial charge in [-0.2, -0.15) is 4.31 Å². The number of aromatic nitrogens is 1. The summed E-state index contributed by atoms with van der Waals surface area (Å²) in [5.74, 6) is -1.02. The van der Waals surface area contributed by atoms with Crippen LogP contribution in [-0.4, -0.2) is 35.8 Å². The number of fused-ring (bicyclic) bond motifs is 1. The molecule has 3 aromatic rings. The van der Waals surface area contributed by atoms with Crippen LogP contribution in [0.5, 0.6) is 0 Å². The molecule has 0 bridgehead atoms. The van der Waals surface area contributed by atoms with Gasteiger partial charge in [0.05, 0.1) is 10.4 Å². The van der Waals surface area contributed by atoms with Crippen molar-refractivity contribution in [3.63, 3.8) is 0 Å². The number of oxazole rings is 1. The highest BCUT2D eigenvalue weighted by Gasteiger charge is 2.32. The third-order valence-electron chi connectivity index (χ3n) is 5.66. The second-order valence-electron chi connectivity index (χ2n) is 7.67. The van der Waals surface area contributed by atoms with E-state index in [-0.39, 0.29) is 17.5 Å². The molecule has 164 valence electrons. The van der Waals surface area contributed by atoms with Crippen LogP contribution in [0.25, 0.3) is 11.1 Å². The molecule has 2 aromatic carbocycles. The lowest BCUT2D eigenvalue weighted by atomic mass is 10.0. The predicted octanol–water partition coefficient (Wildman–Crippen LogP) is 3.19. The number of hydrogen-bond donors (Lipinski definition) is 1. The van der Waals surface area contributed by atoms with E-state index in [1.54, 1.807) is 40.7 Å². The zero-order valence-corrected chi connectivity index (χ0v) is 18.1. The zero-order chi connectivity index (χ0) is 22.0. The molecule has 0 aliphatic carbocycles. The zero-order valence-electron chi connectivity index (χ0n) is 17.3. The molecule has 0 radical (unpaired) electrons. The first-order valence-electron chi connectivity index (χ1n) is 10.4. The second kappa shape index (κ2) is 8.68. The molecule has 1 fully saturated rings. The summed E-state index contributed by atoms with van der Waals surface area (Å²) in [6.07, 6.45) is 3.58. The van der Waals surface area contributed by atoms with E-state index >= 15 is 0 Å². The summed E-state index contributed by atoms with van der Waals surface area (Å²) in [4.78, 5) is 24.7. The van der Waals surface area contributed by atoms with Gasteiger partial charge in [-0.3, -0.25) is 9.36 Å². The minimum absolute atomic E-state index is 0.0289. The van der Waals surface area contributed by atoms with Crippen molar-refractivity contribution in [2.45, 2.75) is 50.1 Å². The Labute approximate surface area is 180 Å². The SMILES string of the molecule is CCC1CCCCN1S(=O)(=O)c1ccc(NC(=O)Cn2c(=O)oc3ccccc32)cc1. The van der Waals surface area contributed by atoms with Crippen molar-refractivity contribution in [1.82, 2.24) is 8.87 Å². The number of sulfonamides is 1. The standard InChI is InChI=1S/C22H25N3O5S/c1-2-17-7-5-6-14-25(17)31(28,29)18-12-10-16(11-13-18)23-21(26)15-24-19-8-3-4-9-20(19)30-22(24)27/h3-4,8-13,17H,2,5-7,14-15H2,1H3,(H,23,26). The van der Waals surface area contributed by atoms with Crippen molar-refractivity contribution in [2.75, 3.05) is 11.9 Å². The summed E-state index contributed by atoms with van der Waals surface area (Å²) in [5.41, 5.74) is 1.41. The maximum Gasteiger partial charge on any atom is 0.420 e. The number of amides is 1. The van der Waals surface area contributed by atoms with Gasteiger partial charge >= 0.3 is 5.76 Å². The number of rotatable bonds is 6. The first-order valence-corrected chi connectivity index (χ1v) is 11.8. The van der Waals surface area contributed by atoms with Crippen LogP contribution in [0.1, 0.15) is 32.6 Å². The van der Waals surface area contributed by atoms with Crippen LogP contribution < -0.4 is 11.1 Å². The Hall–Kier alpha value is -2.91. The molecule has 9 heteroatoms. The van der Waals surface area contributed by atoms with Gasteiger partial charge in [-0.1, -0.05) is 25.5 Å². The number of nitrogens with zero attached hydrogens (tertiary/aromatic N) is 2. The molecule has 1 atom stereocenters. The molecule has 1 aliphatic heterocycles. The molecule has 8 nitrogen and oxygen atoms in total. The van der Waals surface area contributed by atoms with Crippen LogP contribution in [0.3, 0.4) is 0 Å². The van der Waals surface area contributed by atoms with E-state index in [1.165, 1.54) is 16.7 Å². The van der Waals surface area contributed by atoms with E-state index < -0.39 is 21.7 Å². The van der Waals surface area contributed by atoms with Gasteiger partial charge in [0.15, 0.2) is 5.58 Å². The van der Waals surface area contributed by atoms with E-state index in [1.807, 2.05) is 6.92 Å². The van der Waals surface area contributed by atoms with Crippen LogP contribution in [0.4, 0.5) is 5.69 Å². The van der Waals surface area contributed by atoms with Crippen LogP contribution in [0.15, 0.2) is 62.6 Å². The molecule has 1 unspecified atom stereocenters. The predicted molar refractivity (Wildman–Crippen MR) is 117 cm³/mol. The van der Waals surface area contributed by atoms with E-state index in [4.69, 9.17) is 4.42 Å². The quantitative estimate of drug-likeness (QED) is 0.630. The molecule has 2 heterocycles. The topological polar surface area (TPSA) is 102 Å². The minimum atomic E-state index is -3.58. The number of anilines is 1. The van der Waals surface area contributed by atoms with Crippen molar-refractivity contribution >= 4 is 32.7 Å². The van der Waals surface area contributed by atoms with Gasteiger partial charge in [0.1, 0.15) is 6.54 Å². The van der Waals surface area contributed by atoms with Gasteiger partial charge in [-0.05, 0) is 55.7 Å². The third-order valence-corrected chi connectivity index (χ3v) is 7.63. The lowest BCUT2D eigenvalue weighted by Gasteiger charge is -2.34. The number of piperidine rings is 1. The largest absolute Gasteiger partial charge is 0.420 e. The summed E-state index contributed by atoms with van der Waals surface area (Å²) in [6.45, 7) is 2.33. The minimum Gasteiger partial charge on any atom is -0.408 e. The first kappa shape index (κ1) is 21.3. The smallest absolute Gasteiger partial charge is 0.408 e. The van der Waals surface area contributed by atoms with Gasteiger partial charge in [-0.25, -0.2) is 13.2 Å². The Morgan fingerprint density at radius 1 is 1.13 bits per heavy atom. The van der Waals surface area contributed by atoms with Crippen LogP contribution in [-0.2, 0) is 21.4 Å². The highest BCUT2D eigenvalue weighted by Crippen LogP contribution is 2.27. The molecule has 0 saturated carbocycles. The van der Waals surface area contributed by atoms with Crippen molar-refractivity contribution in [3.8, 4) is 0 Å². The Bertz CT molecular complexity index is 1240. The second-order valence-corrected chi connectivity index (χ2v) is 9.56. The fourth-order valence-corrected chi connectivity index (χ4v) is 5.82. The van der Waals surface area contributed by atoms with Crippen molar-refractivity contribution in [3.05, 3.63) is 59.1 Å². The molecule has 4 rings (SSSR count). The molecule has 1 saturated heterocycles. The number of nitrogens with one attached hydrogen (secondary N) is 1. The van der Waals surface area contributed by atoms with Crippen LogP contribution >= 0.6 is 0 Å². The lowest BCUT2D eigenvalue weighted by molar-refractivity contribution is -0.116. The summed E-state index contributed by atoms with van der Waals surface area (Å²) in [7, 11) is -3.58. The Kier molecular flexibility index (Phi) is 5.97. The number of carbonyl (C=O) groups is 1. The molecule has 1 N–H and O–H groups in total. The Morgan fingerprint density at radius 2 is 1.87 bits per heavy atom. The Morgan fingerprint density at radius 3 is 2.61 bits per heavy atom. The van der Waals surface area contributed by atoms with E-state index in [0.717, 1.165) is 25.7 Å². The van der Waals surface area contributed by atoms with E-state index in [2.05, 4.69) is 5.32 Å². The number of para-hydroxylation sites is 2. The molecule has 0 spiro atoms. The fourth-order valence-electron chi connectivity index (χ4n) is 4.05. The number of carbonyl (C=O) groups excluding carboxylic acids is 1. The maximum atomic E-state index is 13.1. The summed E-state index contributed by atoms with van der Waals surface area (Å²) < 4.78 is 34.1.